The Morgan fingerprint density at radius 1 is 1.09 bits per heavy atom. The predicted molar refractivity (Wildman–Crippen MR) is 135 cm³/mol. The lowest BCUT2D eigenvalue weighted by atomic mass is 9.45. The number of benzene rings is 1. The number of aryl methyl sites for hydroxylation is 1. The summed E-state index contributed by atoms with van der Waals surface area (Å²) in [6, 6.07) is 6.67. The molecule has 0 N–H and O–H groups in total. The van der Waals surface area contributed by atoms with Crippen LogP contribution in [0.1, 0.15) is 78.2 Å². The van der Waals surface area contributed by atoms with Crippen LogP contribution in [0.4, 0.5) is 0 Å². The molecule has 5 atom stereocenters. The van der Waals surface area contributed by atoms with E-state index in [-0.39, 0.29) is 52.3 Å². The van der Waals surface area contributed by atoms with E-state index in [1.165, 1.54) is 7.11 Å². The minimum absolute atomic E-state index is 0.00330. The van der Waals surface area contributed by atoms with Gasteiger partial charge in [-0.1, -0.05) is 44.9 Å². The number of ketones is 1. The van der Waals surface area contributed by atoms with Gasteiger partial charge in [0.15, 0.2) is 0 Å². The van der Waals surface area contributed by atoms with E-state index in [9.17, 15) is 18.0 Å². The molecule has 2 saturated carbocycles. The molecule has 2 fully saturated rings. The monoisotopic (exact) mass is 506 g/mol. The number of ether oxygens (including phenoxy) is 1. The normalized spacial score (nSPS) is 31.1. The highest BCUT2D eigenvalue weighted by Crippen LogP contribution is 2.62. The van der Waals surface area contributed by atoms with E-state index in [4.69, 9.17) is 8.92 Å². The average Bonchev–Trinajstić information content (AvgIpc) is 2.81. The van der Waals surface area contributed by atoms with Crippen LogP contribution in [-0.2, 0) is 28.6 Å². The summed E-state index contributed by atoms with van der Waals surface area (Å²) in [5.41, 5.74) is 0.219. The molecule has 35 heavy (non-hydrogen) atoms. The summed E-state index contributed by atoms with van der Waals surface area (Å²) in [5, 5.41) is 0. The Labute approximate surface area is 211 Å². The third kappa shape index (κ3) is 5.66. The van der Waals surface area contributed by atoms with Crippen LogP contribution in [0.25, 0.3) is 0 Å². The number of rotatable bonds is 9. The van der Waals surface area contributed by atoms with E-state index in [0.29, 0.717) is 12.8 Å². The first-order valence-electron chi connectivity index (χ1n) is 12.9. The molecular formula is C28H42O6S. The third-order valence-electron chi connectivity index (χ3n) is 8.96. The summed E-state index contributed by atoms with van der Waals surface area (Å²) in [7, 11) is -2.42. The Morgan fingerprint density at radius 2 is 1.74 bits per heavy atom. The highest BCUT2D eigenvalue weighted by atomic mass is 32.2. The maximum absolute atomic E-state index is 12.9. The molecule has 3 rings (SSSR count). The lowest BCUT2D eigenvalue weighted by Gasteiger charge is -2.59. The lowest BCUT2D eigenvalue weighted by Crippen LogP contribution is -2.55. The van der Waals surface area contributed by atoms with Crippen molar-refractivity contribution in [3.05, 3.63) is 29.8 Å². The van der Waals surface area contributed by atoms with Crippen LogP contribution in [0.2, 0.25) is 0 Å². The number of carbonyl (C=O) groups excluding carboxylic acids is 2. The Hall–Kier alpha value is -1.73. The quantitative estimate of drug-likeness (QED) is 0.315. The van der Waals surface area contributed by atoms with Crippen LogP contribution >= 0.6 is 0 Å². The third-order valence-corrected chi connectivity index (χ3v) is 10.3. The molecule has 2 aliphatic carbocycles. The fourth-order valence-corrected chi connectivity index (χ4v) is 7.86. The second kappa shape index (κ2) is 10.7. The maximum atomic E-state index is 12.9. The van der Waals surface area contributed by atoms with E-state index in [0.717, 1.165) is 37.7 Å². The SMILES string of the molecule is COC(=O)[C@]1(C)CCC[C@]2(C)[C@H](CCC(=O)C(C)C)[C@@H](COS(=O)(=O)c3ccc(C)cc3)CC[C@H]21. The van der Waals surface area contributed by atoms with Gasteiger partial charge in [-0.3, -0.25) is 13.8 Å². The number of carbonyl (C=O) groups is 2. The number of hydrogen-bond donors (Lipinski definition) is 0. The predicted octanol–water partition coefficient (Wildman–Crippen LogP) is 5.72. The Bertz CT molecular complexity index is 1010. The van der Waals surface area contributed by atoms with E-state index in [2.05, 4.69) is 6.92 Å². The van der Waals surface area contributed by atoms with Crippen LogP contribution in [0.15, 0.2) is 29.2 Å². The molecule has 0 radical (unpaired) electrons. The molecule has 0 aliphatic heterocycles. The highest BCUT2D eigenvalue weighted by Gasteiger charge is 2.59. The summed E-state index contributed by atoms with van der Waals surface area (Å²) in [5.74, 6) is 0.222. The molecule has 0 saturated heterocycles. The van der Waals surface area contributed by atoms with E-state index in [1.807, 2.05) is 27.7 Å². The number of hydrogen-bond acceptors (Lipinski definition) is 6. The maximum Gasteiger partial charge on any atom is 0.311 e. The molecule has 0 spiro atoms. The van der Waals surface area contributed by atoms with E-state index < -0.39 is 15.5 Å². The van der Waals surface area contributed by atoms with Crippen LogP contribution in [0, 0.1) is 41.4 Å². The molecule has 196 valence electrons. The van der Waals surface area contributed by atoms with Gasteiger partial charge in [-0.2, -0.15) is 8.42 Å². The fraction of sp³-hybridized carbons (Fsp3) is 0.714. The fourth-order valence-electron chi connectivity index (χ4n) is 6.90. The number of methoxy groups -OCH3 is 1. The second-order valence-corrected chi connectivity index (χ2v) is 13.1. The van der Waals surface area contributed by atoms with Gasteiger partial charge >= 0.3 is 5.97 Å². The molecule has 0 amide bonds. The molecular weight excluding hydrogens is 464 g/mol. The van der Waals surface area contributed by atoms with Gasteiger partial charge < -0.3 is 4.74 Å². The van der Waals surface area contributed by atoms with Crippen molar-refractivity contribution >= 4 is 21.9 Å². The summed E-state index contributed by atoms with van der Waals surface area (Å²) >= 11 is 0. The Kier molecular flexibility index (Phi) is 8.53. The van der Waals surface area contributed by atoms with Crippen molar-refractivity contribution in [2.75, 3.05) is 13.7 Å². The van der Waals surface area contributed by atoms with Crippen LogP contribution in [0.3, 0.4) is 0 Å². The molecule has 6 nitrogen and oxygen atoms in total. The first-order valence-corrected chi connectivity index (χ1v) is 14.3. The minimum atomic E-state index is -3.87. The van der Waals surface area contributed by atoms with E-state index in [1.54, 1.807) is 24.3 Å². The van der Waals surface area contributed by atoms with Gasteiger partial charge in [0.05, 0.1) is 24.0 Å². The molecule has 0 unspecified atom stereocenters. The molecule has 1 aromatic carbocycles. The zero-order valence-corrected chi connectivity index (χ0v) is 22.9. The van der Waals surface area contributed by atoms with Crippen molar-refractivity contribution in [2.45, 2.75) is 84.5 Å². The second-order valence-electron chi connectivity index (χ2n) is 11.5. The van der Waals surface area contributed by atoms with Crippen molar-refractivity contribution in [2.24, 2.45) is 34.5 Å². The smallest absolute Gasteiger partial charge is 0.311 e. The molecule has 1 aromatic rings. The summed E-state index contributed by atoms with van der Waals surface area (Å²) in [6.45, 7) is 10.1. The van der Waals surface area contributed by atoms with Gasteiger partial charge in [-0.05, 0) is 81.3 Å². The first-order chi connectivity index (χ1) is 16.3. The molecule has 0 aromatic heterocycles. The lowest BCUT2D eigenvalue weighted by molar-refractivity contribution is -0.174. The zero-order chi connectivity index (χ0) is 26.0. The van der Waals surface area contributed by atoms with Crippen LogP contribution < -0.4 is 0 Å². The zero-order valence-electron chi connectivity index (χ0n) is 22.1. The topological polar surface area (TPSA) is 86.7 Å². The molecule has 2 aliphatic rings. The Balaban J connectivity index is 1.87. The highest BCUT2D eigenvalue weighted by molar-refractivity contribution is 7.86. The average molecular weight is 507 g/mol. The largest absolute Gasteiger partial charge is 0.469 e. The number of Topliss-reactive ketones (excluding diaryl/α,β-unsaturated/α-hetero) is 1. The molecule has 7 heteroatoms. The molecule has 0 heterocycles. The van der Waals surface area contributed by atoms with Gasteiger partial charge in [-0.25, -0.2) is 0 Å². The summed E-state index contributed by atoms with van der Waals surface area (Å²) < 4.78 is 36.7. The van der Waals surface area contributed by atoms with Crippen molar-refractivity contribution < 1.29 is 26.9 Å². The first kappa shape index (κ1) is 27.9. The van der Waals surface area contributed by atoms with Crippen molar-refractivity contribution in [1.29, 1.82) is 0 Å². The van der Waals surface area contributed by atoms with E-state index >= 15 is 0 Å². The van der Waals surface area contributed by atoms with Gasteiger partial charge in [0, 0.05) is 12.3 Å². The molecule has 0 bridgehead atoms. The minimum Gasteiger partial charge on any atom is -0.469 e. The summed E-state index contributed by atoms with van der Waals surface area (Å²) in [6.07, 6.45) is 5.36. The standard InChI is InChI=1S/C28H42O6S/c1-19(2)24(29)14-13-23-21(18-34-35(31,32)22-11-8-20(3)9-12-22)10-15-25-27(23,4)16-7-17-28(25,5)26(30)33-6/h8-9,11-12,19,21,23,25H,7,10,13-18H2,1-6H3/t21-,23-,25-,27-,28-/m1/s1. The summed E-state index contributed by atoms with van der Waals surface area (Å²) in [4.78, 5) is 25.6. The van der Waals surface area contributed by atoms with Gasteiger partial charge in [0.2, 0.25) is 0 Å². The van der Waals surface area contributed by atoms with Gasteiger partial charge in [0.25, 0.3) is 10.1 Å². The number of fused-ring (bicyclic) bond motifs is 1. The van der Waals surface area contributed by atoms with Crippen molar-refractivity contribution in [3.8, 4) is 0 Å². The van der Waals surface area contributed by atoms with Crippen molar-refractivity contribution in [3.63, 3.8) is 0 Å². The van der Waals surface area contributed by atoms with Crippen LogP contribution in [0.5, 0.6) is 0 Å². The van der Waals surface area contributed by atoms with Gasteiger partial charge in [0.1, 0.15) is 5.78 Å². The Morgan fingerprint density at radius 3 is 2.34 bits per heavy atom. The number of esters is 1. The van der Waals surface area contributed by atoms with Gasteiger partial charge in [-0.15, -0.1) is 0 Å². The van der Waals surface area contributed by atoms with Crippen molar-refractivity contribution in [1.82, 2.24) is 0 Å². The van der Waals surface area contributed by atoms with Crippen LogP contribution in [-0.4, -0.2) is 33.9 Å².